The third-order valence-electron chi connectivity index (χ3n) is 4.07. The van der Waals surface area contributed by atoms with Crippen LogP contribution in [0.1, 0.15) is 39.0 Å². The van der Waals surface area contributed by atoms with Gasteiger partial charge in [0.05, 0.1) is 6.54 Å². The van der Waals surface area contributed by atoms with E-state index in [2.05, 4.69) is 17.6 Å². The molecule has 110 valence electrons. The second kappa shape index (κ2) is 7.39. The lowest BCUT2D eigenvalue weighted by atomic mass is 9.84. The minimum absolute atomic E-state index is 0.0840. The van der Waals surface area contributed by atoms with Crippen LogP contribution in [0.25, 0.3) is 0 Å². The van der Waals surface area contributed by atoms with E-state index >= 15 is 0 Å². The van der Waals surface area contributed by atoms with Crippen molar-refractivity contribution in [3.63, 3.8) is 0 Å². The number of hydrogen-bond acceptors (Lipinski definition) is 2. The molecule has 1 aromatic carbocycles. The van der Waals surface area contributed by atoms with Crippen molar-refractivity contribution in [3.05, 3.63) is 30.1 Å². The first-order valence-corrected chi connectivity index (χ1v) is 7.44. The number of nitrogens with one attached hydrogen (secondary N) is 2. The van der Waals surface area contributed by atoms with Gasteiger partial charge in [-0.05, 0) is 49.9 Å². The van der Waals surface area contributed by atoms with E-state index in [-0.39, 0.29) is 11.7 Å². The lowest BCUT2D eigenvalue weighted by molar-refractivity contribution is -0.115. The summed E-state index contributed by atoms with van der Waals surface area (Å²) in [6.07, 6.45) is 6.46. The molecule has 2 rings (SSSR count). The van der Waals surface area contributed by atoms with Crippen LogP contribution in [0.4, 0.5) is 10.1 Å². The minimum atomic E-state index is -0.299. The molecule has 1 saturated carbocycles. The second-order valence-electron chi connectivity index (χ2n) is 5.62. The minimum Gasteiger partial charge on any atom is -0.325 e. The van der Waals surface area contributed by atoms with Gasteiger partial charge in [-0.15, -0.1) is 0 Å². The molecule has 1 fully saturated rings. The first kappa shape index (κ1) is 15.0. The third kappa shape index (κ3) is 4.60. The van der Waals surface area contributed by atoms with Gasteiger partial charge in [0.25, 0.3) is 0 Å². The standard InChI is InChI=1S/C16H23FN2O/c1-12(13-5-3-2-4-6-13)18-11-16(20)19-15-9-7-14(17)8-10-15/h7-10,12-13,18H,2-6,11H2,1H3,(H,19,20). The van der Waals surface area contributed by atoms with E-state index in [9.17, 15) is 9.18 Å². The van der Waals surface area contributed by atoms with Crippen LogP contribution >= 0.6 is 0 Å². The lowest BCUT2D eigenvalue weighted by Crippen LogP contribution is -2.39. The van der Waals surface area contributed by atoms with Crippen LogP contribution in [0.3, 0.4) is 0 Å². The van der Waals surface area contributed by atoms with Crippen LogP contribution in [0.2, 0.25) is 0 Å². The highest BCUT2D eigenvalue weighted by Crippen LogP contribution is 2.26. The molecule has 1 amide bonds. The van der Waals surface area contributed by atoms with E-state index in [0.29, 0.717) is 24.2 Å². The average Bonchev–Trinajstić information content (AvgIpc) is 2.48. The van der Waals surface area contributed by atoms with Gasteiger partial charge in [-0.25, -0.2) is 4.39 Å². The zero-order chi connectivity index (χ0) is 14.4. The SMILES string of the molecule is CC(NCC(=O)Nc1ccc(F)cc1)C1CCCCC1. The number of benzene rings is 1. The molecule has 3 nitrogen and oxygen atoms in total. The number of amides is 1. The maximum Gasteiger partial charge on any atom is 0.238 e. The van der Waals surface area contributed by atoms with Crippen molar-refractivity contribution >= 4 is 11.6 Å². The number of halogens is 1. The van der Waals surface area contributed by atoms with E-state index in [1.54, 1.807) is 12.1 Å². The van der Waals surface area contributed by atoms with Gasteiger partial charge in [-0.2, -0.15) is 0 Å². The smallest absolute Gasteiger partial charge is 0.238 e. The third-order valence-corrected chi connectivity index (χ3v) is 4.07. The Kier molecular flexibility index (Phi) is 5.53. The van der Waals surface area contributed by atoms with Crippen LogP contribution in [-0.2, 0) is 4.79 Å². The van der Waals surface area contributed by atoms with Gasteiger partial charge in [0.15, 0.2) is 0 Å². The quantitative estimate of drug-likeness (QED) is 0.867. The molecule has 1 unspecified atom stereocenters. The number of carbonyl (C=O) groups excluding carboxylic acids is 1. The van der Waals surface area contributed by atoms with Crippen molar-refractivity contribution in [3.8, 4) is 0 Å². The Morgan fingerprint density at radius 2 is 1.90 bits per heavy atom. The zero-order valence-electron chi connectivity index (χ0n) is 12.0. The molecule has 4 heteroatoms. The van der Waals surface area contributed by atoms with Gasteiger partial charge in [0.1, 0.15) is 5.82 Å². The van der Waals surface area contributed by atoms with Crippen LogP contribution < -0.4 is 10.6 Å². The topological polar surface area (TPSA) is 41.1 Å². The second-order valence-corrected chi connectivity index (χ2v) is 5.62. The Balaban J connectivity index is 1.72. The fourth-order valence-electron chi connectivity index (χ4n) is 2.79. The Hall–Kier alpha value is -1.42. The summed E-state index contributed by atoms with van der Waals surface area (Å²) < 4.78 is 12.8. The summed E-state index contributed by atoms with van der Waals surface area (Å²) in [5, 5.41) is 6.06. The lowest BCUT2D eigenvalue weighted by Gasteiger charge is -2.28. The maximum absolute atomic E-state index is 12.8. The predicted molar refractivity (Wildman–Crippen MR) is 79.1 cm³/mol. The number of anilines is 1. The van der Waals surface area contributed by atoms with Crippen molar-refractivity contribution in [1.82, 2.24) is 5.32 Å². The average molecular weight is 278 g/mol. The van der Waals surface area contributed by atoms with E-state index in [1.807, 2.05) is 0 Å². The summed E-state index contributed by atoms with van der Waals surface area (Å²) in [4.78, 5) is 11.8. The Morgan fingerprint density at radius 3 is 2.55 bits per heavy atom. The Bertz CT molecular complexity index is 427. The van der Waals surface area contributed by atoms with Gasteiger partial charge >= 0.3 is 0 Å². The summed E-state index contributed by atoms with van der Waals surface area (Å²) in [5.41, 5.74) is 0.628. The molecule has 1 aliphatic rings. The Labute approximate surface area is 120 Å². The van der Waals surface area contributed by atoms with Crippen LogP contribution in [0, 0.1) is 11.7 Å². The van der Waals surface area contributed by atoms with Crippen molar-refractivity contribution < 1.29 is 9.18 Å². The maximum atomic E-state index is 12.8. The molecule has 1 atom stereocenters. The summed E-state index contributed by atoms with van der Waals surface area (Å²) in [6, 6.07) is 6.19. The fourth-order valence-corrected chi connectivity index (χ4v) is 2.79. The van der Waals surface area contributed by atoms with Crippen LogP contribution in [-0.4, -0.2) is 18.5 Å². The van der Waals surface area contributed by atoms with Crippen molar-refractivity contribution in [2.24, 2.45) is 5.92 Å². The van der Waals surface area contributed by atoms with Crippen molar-refractivity contribution in [2.75, 3.05) is 11.9 Å². The van der Waals surface area contributed by atoms with E-state index in [4.69, 9.17) is 0 Å². The monoisotopic (exact) mass is 278 g/mol. The molecule has 0 bridgehead atoms. The first-order chi connectivity index (χ1) is 9.65. The van der Waals surface area contributed by atoms with Gasteiger partial charge in [-0.3, -0.25) is 4.79 Å². The van der Waals surface area contributed by atoms with E-state index in [1.165, 1.54) is 44.2 Å². The normalized spacial score (nSPS) is 17.7. The molecular weight excluding hydrogens is 255 g/mol. The van der Waals surface area contributed by atoms with Gasteiger partial charge in [-0.1, -0.05) is 19.3 Å². The fraction of sp³-hybridized carbons (Fsp3) is 0.562. The van der Waals surface area contributed by atoms with Crippen LogP contribution in [0.15, 0.2) is 24.3 Å². The summed E-state index contributed by atoms with van der Waals surface area (Å²) in [6.45, 7) is 2.45. The molecule has 20 heavy (non-hydrogen) atoms. The summed E-state index contributed by atoms with van der Waals surface area (Å²) in [7, 11) is 0. The molecule has 0 aromatic heterocycles. The molecule has 0 saturated heterocycles. The zero-order valence-corrected chi connectivity index (χ0v) is 12.0. The number of hydrogen-bond donors (Lipinski definition) is 2. The molecule has 0 aliphatic heterocycles. The highest BCUT2D eigenvalue weighted by molar-refractivity contribution is 5.92. The molecule has 1 aromatic rings. The first-order valence-electron chi connectivity index (χ1n) is 7.44. The predicted octanol–water partition coefficient (Wildman–Crippen LogP) is 3.32. The Morgan fingerprint density at radius 1 is 1.25 bits per heavy atom. The molecule has 0 spiro atoms. The summed E-state index contributed by atoms with van der Waals surface area (Å²) in [5.74, 6) is 0.300. The van der Waals surface area contributed by atoms with Crippen LogP contribution in [0.5, 0.6) is 0 Å². The van der Waals surface area contributed by atoms with Gasteiger partial charge < -0.3 is 10.6 Å². The van der Waals surface area contributed by atoms with Gasteiger partial charge in [0.2, 0.25) is 5.91 Å². The molecule has 2 N–H and O–H groups in total. The molecule has 0 radical (unpaired) electrons. The van der Waals surface area contributed by atoms with Crippen molar-refractivity contribution in [2.45, 2.75) is 45.1 Å². The van der Waals surface area contributed by atoms with E-state index in [0.717, 1.165) is 0 Å². The number of rotatable bonds is 5. The van der Waals surface area contributed by atoms with Crippen molar-refractivity contribution in [1.29, 1.82) is 0 Å². The number of carbonyl (C=O) groups is 1. The highest BCUT2D eigenvalue weighted by atomic mass is 19.1. The molecule has 1 aliphatic carbocycles. The highest BCUT2D eigenvalue weighted by Gasteiger charge is 2.20. The summed E-state index contributed by atoms with van der Waals surface area (Å²) >= 11 is 0. The van der Waals surface area contributed by atoms with Gasteiger partial charge in [0, 0.05) is 11.7 Å². The molecule has 0 heterocycles. The van der Waals surface area contributed by atoms with E-state index < -0.39 is 0 Å². The largest absolute Gasteiger partial charge is 0.325 e. The molecular formula is C16H23FN2O.